The van der Waals surface area contributed by atoms with Crippen LogP contribution in [0.25, 0.3) is 0 Å². The fraction of sp³-hybridized carbons (Fsp3) is 0.481. The third-order valence-corrected chi connectivity index (χ3v) is 6.01. The minimum Gasteiger partial charge on any atom is -0.478 e. The van der Waals surface area contributed by atoms with Gasteiger partial charge in [-0.2, -0.15) is 0 Å². The molecule has 4 N–H and O–H groups in total. The van der Waals surface area contributed by atoms with Gasteiger partial charge in [-0.3, -0.25) is 0 Å². The van der Waals surface area contributed by atoms with Crippen molar-refractivity contribution in [2.45, 2.75) is 73.0 Å². The minimum atomic E-state index is -0.879. The van der Waals surface area contributed by atoms with Gasteiger partial charge in [0.05, 0.1) is 22.8 Å². The predicted octanol–water partition coefficient (Wildman–Crippen LogP) is 5.74. The van der Waals surface area contributed by atoms with Crippen LogP contribution in [-0.4, -0.2) is 44.1 Å². The Balaban J connectivity index is 0.000000489. The standard InChI is InChI=1S/C13H28O2.2C7H6O2/c1-10(14)8-9-12(5,6)13(7,15)11(2,3)4;2*8-7(9)6-4-2-1-3-5-6/h10,14-15H,8-9H2,1-7H3;2*1-5H,(H,8,9). The Labute approximate surface area is 197 Å². The van der Waals surface area contributed by atoms with Crippen molar-refractivity contribution in [1.29, 1.82) is 0 Å². The molecule has 0 heterocycles. The molecule has 6 heteroatoms. The average Bonchev–Trinajstić information content (AvgIpc) is 2.73. The van der Waals surface area contributed by atoms with Gasteiger partial charge in [-0.15, -0.1) is 0 Å². The Morgan fingerprint density at radius 3 is 1.30 bits per heavy atom. The van der Waals surface area contributed by atoms with Crippen molar-refractivity contribution in [2.75, 3.05) is 0 Å². The monoisotopic (exact) mass is 460 g/mol. The quantitative estimate of drug-likeness (QED) is 0.437. The van der Waals surface area contributed by atoms with E-state index in [9.17, 15) is 19.8 Å². The normalized spacial score (nSPS) is 13.8. The second-order valence-corrected chi connectivity index (χ2v) is 9.94. The molecule has 2 aromatic rings. The summed E-state index contributed by atoms with van der Waals surface area (Å²) in [6.45, 7) is 14.0. The van der Waals surface area contributed by atoms with Crippen molar-refractivity contribution < 1.29 is 30.0 Å². The summed E-state index contributed by atoms with van der Waals surface area (Å²) in [5.74, 6) is -1.76. The third-order valence-electron chi connectivity index (χ3n) is 6.01. The summed E-state index contributed by atoms with van der Waals surface area (Å²) in [6, 6.07) is 16.6. The molecule has 6 nitrogen and oxygen atoms in total. The Hall–Kier alpha value is -2.70. The van der Waals surface area contributed by atoms with E-state index in [-0.39, 0.29) is 16.9 Å². The molecular weight excluding hydrogens is 420 g/mol. The number of carbonyl (C=O) groups is 2. The van der Waals surface area contributed by atoms with Gasteiger partial charge in [-0.05, 0) is 61.8 Å². The van der Waals surface area contributed by atoms with Gasteiger partial charge >= 0.3 is 11.9 Å². The molecule has 2 unspecified atom stereocenters. The molecule has 0 saturated heterocycles. The number of rotatable bonds is 6. The molecule has 2 aromatic carbocycles. The van der Waals surface area contributed by atoms with Crippen LogP contribution in [0.15, 0.2) is 60.7 Å². The number of aliphatic hydroxyl groups is 2. The van der Waals surface area contributed by atoms with Crippen molar-refractivity contribution >= 4 is 11.9 Å². The van der Waals surface area contributed by atoms with Gasteiger partial charge < -0.3 is 20.4 Å². The van der Waals surface area contributed by atoms with E-state index >= 15 is 0 Å². The molecule has 2 rings (SSSR count). The van der Waals surface area contributed by atoms with Gasteiger partial charge in [-0.25, -0.2) is 9.59 Å². The Morgan fingerprint density at radius 2 is 1.09 bits per heavy atom. The highest BCUT2D eigenvalue weighted by Crippen LogP contribution is 2.46. The molecule has 0 aromatic heterocycles. The summed E-state index contributed by atoms with van der Waals surface area (Å²) in [6.07, 6.45) is 1.27. The van der Waals surface area contributed by atoms with E-state index in [4.69, 9.17) is 10.2 Å². The van der Waals surface area contributed by atoms with Gasteiger partial charge in [0.1, 0.15) is 0 Å². The van der Waals surface area contributed by atoms with Crippen LogP contribution in [-0.2, 0) is 0 Å². The lowest BCUT2D eigenvalue weighted by Gasteiger charge is -2.49. The topological polar surface area (TPSA) is 115 Å². The summed E-state index contributed by atoms with van der Waals surface area (Å²) >= 11 is 0. The number of aliphatic hydroxyl groups excluding tert-OH is 1. The van der Waals surface area contributed by atoms with Crippen LogP contribution >= 0.6 is 0 Å². The van der Waals surface area contributed by atoms with Gasteiger partial charge in [0.15, 0.2) is 0 Å². The van der Waals surface area contributed by atoms with E-state index in [1.165, 1.54) is 0 Å². The van der Waals surface area contributed by atoms with E-state index in [2.05, 4.69) is 34.6 Å². The van der Waals surface area contributed by atoms with Crippen LogP contribution in [0.5, 0.6) is 0 Å². The molecule has 0 radical (unpaired) electrons. The van der Waals surface area contributed by atoms with Crippen LogP contribution in [0.3, 0.4) is 0 Å². The highest BCUT2D eigenvalue weighted by atomic mass is 16.4. The van der Waals surface area contributed by atoms with Gasteiger partial charge in [0, 0.05) is 0 Å². The molecule has 0 aliphatic carbocycles. The number of hydrogen-bond acceptors (Lipinski definition) is 4. The first kappa shape index (κ1) is 30.3. The van der Waals surface area contributed by atoms with E-state index in [1.807, 2.05) is 6.92 Å². The largest absolute Gasteiger partial charge is 0.478 e. The zero-order valence-electron chi connectivity index (χ0n) is 20.9. The smallest absolute Gasteiger partial charge is 0.335 e. The fourth-order valence-corrected chi connectivity index (χ4v) is 2.99. The summed E-state index contributed by atoms with van der Waals surface area (Å²) in [5, 5.41) is 36.7. The lowest BCUT2D eigenvalue weighted by molar-refractivity contribution is -0.134. The molecule has 33 heavy (non-hydrogen) atoms. The van der Waals surface area contributed by atoms with Crippen LogP contribution in [0.2, 0.25) is 0 Å². The molecule has 0 aliphatic rings. The maximum atomic E-state index is 10.6. The van der Waals surface area contributed by atoms with Crippen LogP contribution < -0.4 is 0 Å². The Kier molecular flexibility index (Phi) is 12.0. The van der Waals surface area contributed by atoms with Crippen LogP contribution in [0.1, 0.15) is 82.0 Å². The first-order valence-electron chi connectivity index (χ1n) is 11.0. The highest BCUT2D eigenvalue weighted by Gasteiger charge is 2.47. The molecule has 0 bridgehead atoms. The van der Waals surface area contributed by atoms with E-state index in [0.717, 1.165) is 12.8 Å². The zero-order chi connectivity index (χ0) is 25.9. The first-order chi connectivity index (χ1) is 15.0. The van der Waals surface area contributed by atoms with E-state index in [0.29, 0.717) is 11.1 Å². The van der Waals surface area contributed by atoms with E-state index < -0.39 is 17.5 Å². The molecule has 0 amide bonds. The number of benzene rings is 2. The second-order valence-electron chi connectivity index (χ2n) is 9.94. The Morgan fingerprint density at radius 1 is 0.758 bits per heavy atom. The van der Waals surface area contributed by atoms with Crippen LogP contribution in [0.4, 0.5) is 0 Å². The molecule has 0 fully saturated rings. The molecule has 0 aliphatic heterocycles. The number of carboxylic acids is 2. The number of hydrogen-bond donors (Lipinski definition) is 4. The van der Waals surface area contributed by atoms with Crippen molar-refractivity contribution in [3.8, 4) is 0 Å². The number of carboxylic acid groups (broad SMARTS) is 2. The lowest BCUT2D eigenvalue weighted by Crippen LogP contribution is -2.52. The maximum absolute atomic E-state index is 10.6. The second kappa shape index (κ2) is 13.1. The van der Waals surface area contributed by atoms with Crippen molar-refractivity contribution in [1.82, 2.24) is 0 Å². The minimum absolute atomic E-state index is 0.158. The van der Waals surface area contributed by atoms with Gasteiger partial charge in [0.25, 0.3) is 0 Å². The lowest BCUT2D eigenvalue weighted by atomic mass is 9.61. The van der Waals surface area contributed by atoms with E-state index in [1.54, 1.807) is 67.6 Å². The predicted molar refractivity (Wildman–Crippen MR) is 132 cm³/mol. The fourth-order valence-electron chi connectivity index (χ4n) is 2.99. The van der Waals surface area contributed by atoms with Gasteiger partial charge in [0.2, 0.25) is 0 Å². The summed E-state index contributed by atoms with van der Waals surface area (Å²) in [5.41, 5.74) is -0.429. The Bertz CT molecular complexity index is 784. The maximum Gasteiger partial charge on any atom is 0.335 e. The molecule has 2 atom stereocenters. The van der Waals surface area contributed by atoms with Crippen molar-refractivity contribution in [2.24, 2.45) is 10.8 Å². The molecular formula is C27H40O6. The van der Waals surface area contributed by atoms with Crippen molar-refractivity contribution in [3.05, 3.63) is 71.8 Å². The third kappa shape index (κ3) is 10.6. The first-order valence-corrected chi connectivity index (χ1v) is 11.0. The molecule has 0 spiro atoms. The number of aromatic carboxylic acids is 2. The average molecular weight is 461 g/mol. The van der Waals surface area contributed by atoms with Gasteiger partial charge in [-0.1, -0.05) is 71.0 Å². The van der Waals surface area contributed by atoms with Crippen molar-refractivity contribution in [3.63, 3.8) is 0 Å². The molecule has 184 valence electrons. The highest BCUT2D eigenvalue weighted by molar-refractivity contribution is 5.87. The van der Waals surface area contributed by atoms with Crippen LogP contribution in [0, 0.1) is 10.8 Å². The summed E-state index contributed by atoms with van der Waals surface area (Å²) < 4.78 is 0. The summed E-state index contributed by atoms with van der Waals surface area (Å²) in [4.78, 5) is 20.4. The SMILES string of the molecule is CC(O)CCC(C)(C)C(C)(O)C(C)(C)C.O=C(O)c1ccccc1.O=C(O)c1ccccc1. The zero-order valence-corrected chi connectivity index (χ0v) is 20.9. The molecule has 0 saturated carbocycles. The summed E-state index contributed by atoms with van der Waals surface area (Å²) in [7, 11) is 0.